The molecule has 0 spiro atoms. The molecule has 0 bridgehead atoms. The van der Waals surface area contributed by atoms with Gasteiger partial charge in [-0.05, 0) is 220 Å². The Bertz CT molecular complexity index is 6040. The Balaban J connectivity index is 0.000000130. The van der Waals surface area contributed by atoms with Gasteiger partial charge in [-0.1, -0.05) is 20.6 Å². The minimum Gasteiger partial charge on any atom is -0.490 e. The van der Waals surface area contributed by atoms with Crippen LogP contribution < -0.4 is 40.2 Å². The van der Waals surface area contributed by atoms with Crippen LogP contribution in [0.3, 0.4) is 0 Å². The molecule has 712 valence electrons. The molecule has 4 saturated heterocycles. The molecule has 4 amide bonds. The van der Waals surface area contributed by atoms with E-state index >= 15 is 0 Å². The van der Waals surface area contributed by atoms with Crippen molar-refractivity contribution in [3.05, 3.63) is 239 Å². The van der Waals surface area contributed by atoms with Crippen molar-refractivity contribution >= 4 is 92.4 Å². The third kappa shape index (κ3) is 22.9. The van der Waals surface area contributed by atoms with Gasteiger partial charge in [0.1, 0.15) is 47.4 Å². The summed E-state index contributed by atoms with van der Waals surface area (Å²) in [6.07, 6.45) is 3.85. The number of hydrogen-bond acceptors (Lipinski definition) is 29. The van der Waals surface area contributed by atoms with Gasteiger partial charge in [0.05, 0.1) is 72.4 Å². The molecule has 0 aliphatic carbocycles. The number of rotatable bonds is 20. The predicted octanol–water partition coefficient (Wildman–Crippen LogP) is 11.8. The number of carboxylic acids is 1. The standard InChI is InChI=1S/4C23H23N3O6S.C2H4O2/c4*1-15-12-17-13-16(2-7-21(17)31-15)22-14-20(25-32-22)23(27)24-18-3-5-19(6-4-18)33(28,29)26-8-10-30-11-9-26;1-2(3)4/h4*2-7,13-15H,8-12H2,1H3,(H,24,27);1H3,(H,3,4). The second-order valence-electron chi connectivity index (χ2n) is 32.6. The normalized spacial score (nSPS) is 18.2. The number of ether oxygens (including phenoxy) is 8. The predicted molar refractivity (Wildman–Crippen MR) is 492 cm³/mol. The number of hydrogen-bond donors (Lipinski definition) is 5. The summed E-state index contributed by atoms with van der Waals surface area (Å²) in [5, 5.41) is 33.8. The number of nitrogens with one attached hydrogen (secondary N) is 4. The van der Waals surface area contributed by atoms with Crippen molar-refractivity contribution in [3.63, 3.8) is 0 Å². The van der Waals surface area contributed by atoms with Gasteiger partial charge in [-0.3, -0.25) is 24.0 Å². The lowest BCUT2D eigenvalue weighted by molar-refractivity contribution is -0.134. The number of aromatic nitrogens is 4. The van der Waals surface area contributed by atoms with Crippen LogP contribution in [0.2, 0.25) is 0 Å². The van der Waals surface area contributed by atoms with E-state index in [0.717, 1.165) is 100 Å². The Morgan fingerprint density at radius 1 is 0.294 bits per heavy atom. The molecule has 8 aromatic carbocycles. The van der Waals surface area contributed by atoms with Gasteiger partial charge in [-0.15, -0.1) is 0 Å². The number of morpholine rings is 4. The molecule has 136 heavy (non-hydrogen) atoms. The fraction of sp³-hybridized carbons (Fsp3) is 0.309. The summed E-state index contributed by atoms with van der Waals surface area (Å²) in [6, 6.07) is 53.5. The highest BCUT2D eigenvalue weighted by Gasteiger charge is 2.34. The summed E-state index contributed by atoms with van der Waals surface area (Å²) < 4.78 is 173. The van der Waals surface area contributed by atoms with Gasteiger partial charge in [0.25, 0.3) is 29.6 Å². The molecule has 20 rings (SSSR count). The van der Waals surface area contributed by atoms with Gasteiger partial charge in [-0.2, -0.15) is 17.2 Å². The Kier molecular flexibility index (Phi) is 29.5. The van der Waals surface area contributed by atoms with Gasteiger partial charge in [0.15, 0.2) is 45.8 Å². The van der Waals surface area contributed by atoms with Gasteiger partial charge in [0.2, 0.25) is 40.1 Å². The summed E-state index contributed by atoms with van der Waals surface area (Å²) in [6.45, 7) is 14.8. The van der Waals surface area contributed by atoms with E-state index in [1.807, 2.05) is 100 Å². The van der Waals surface area contributed by atoms with Crippen molar-refractivity contribution in [2.75, 3.05) is 126 Å². The molecule has 8 aliphatic rings. The number of carboxylic acid groups (broad SMARTS) is 1. The lowest BCUT2D eigenvalue weighted by Crippen LogP contribution is -2.40. The molecule has 4 fully saturated rings. The van der Waals surface area contributed by atoms with E-state index in [1.54, 1.807) is 72.8 Å². The molecule has 5 N–H and O–H groups in total. The molecule has 4 unspecified atom stereocenters. The van der Waals surface area contributed by atoms with Crippen LogP contribution >= 0.6 is 0 Å². The average molecular weight is 1940 g/mol. The maximum Gasteiger partial charge on any atom is 0.300 e. The van der Waals surface area contributed by atoms with Crippen LogP contribution in [0.15, 0.2) is 232 Å². The van der Waals surface area contributed by atoms with Crippen molar-refractivity contribution in [1.29, 1.82) is 0 Å². The largest absolute Gasteiger partial charge is 0.490 e. The number of benzene rings is 8. The molecule has 12 aromatic rings. The molecular weight excluding hydrogens is 1840 g/mol. The summed E-state index contributed by atoms with van der Waals surface area (Å²) in [7, 11) is -14.4. The van der Waals surface area contributed by atoms with Crippen molar-refractivity contribution < 1.29 is 119 Å². The maximum absolute atomic E-state index is 12.7. The van der Waals surface area contributed by atoms with Crippen LogP contribution in [-0.4, -0.2) is 236 Å². The van der Waals surface area contributed by atoms with E-state index < -0.39 is 69.7 Å². The van der Waals surface area contributed by atoms with Gasteiger partial charge < -0.3 is 82.4 Å². The maximum atomic E-state index is 12.7. The number of amides is 4. The monoisotopic (exact) mass is 1940 g/mol. The van der Waals surface area contributed by atoms with E-state index in [1.165, 1.54) is 65.8 Å². The first-order chi connectivity index (χ1) is 65.3. The molecule has 4 atom stereocenters. The molecule has 0 radical (unpaired) electrons. The first-order valence-electron chi connectivity index (χ1n) is 43.6. The zero-order chi connectivity index (χ0) is 95.6. The van der Waals surface area contributed by atoms with Gasteiger partial charge in [-0.25, -0.2) is 33.7 Å². The molecule has 8 aliphatic heterocycles. The SMILES string of the molecule is CC(=O)O.CC1Cc2cc(-c3cc(C(=O)Nc4ccc(S(=O)(=O)N5CCOCC5)cc4)no3)ccc2O1.CC1Cc2cc(-c3cc(C(=O)Nc4ccc(S(=O)(=O)N5CCOCC5)cc4)no3)ccc2O1.CC1Cc2cc(-c3cc(C(=O)Nc4ccc(S(=O)(=O)N5CCOCC5)cc4)no3)ccc2O1.CC1Cc2cc(-c3cc(C(=O)Nc4ccc(S(=O)(=O)N5CCOCC5)cc4)no3)ccc2O1. The van der Waals surface area contributed by atoms with Crippen molar-refractivity contribution in [3.8, 4) is 68.3 Å². The number of aliphatic carboxylic acids is 1. The molecule has 0 saturated carbocycles. The van der Waals surface area contributed by atoms with Crippen molar-refractivity contribution in [2.24, 2.45) is 0 Å². The first-order valence-corrected chi connectivity index (χ1v) is 49.3. The highest BCUT2D eigenvalue weighted by Crippen LogP contribution is 2.39. The number of carbonyl (C=O) groups excluding carboxylic acids is 4. The van der Waals surface area contributed by atoms with Crippen LogP contribution in [0.25, 0.3) is 45.3 Å². The minimum absolute atomic E-state index is 0.125. The quantitative estimate of drug-likeness (QED) is 0.0473. The van der Waals surface area contributed by atoms with E-state index in [0.29, 0.717) is 151 Å². The fourth-order valence-corrected chi connectivity index (χ4v) is 21.4. The number of anilines is 4. The summed E-state index contributed by atoms with van der Waals surface area (Å²) >= 11 is 0. The van der Waals surface area contributed by atoms with Gasteiger partial charge >= 0.3 is 0 Å². The van der Waals surface area contributed by atoms with Crippen LogP contribution in [0, 0.1) is 0 Å². The Morgan fingerprint density at radius 3 is 0.662 bits per heavy atom. The Labute approximate surface area is 782 Å². The van der Waals surface area contributed by atoms with Gasteiger partial charge in [0, 0.05) is 154 Å². The lowest BCUT2D eigenvalue weighted by atomic mass is 10.1. The third-order valence-electron chi connectivity index (χ3n) is 22.6. The minimum atomic E-state index is -3.59. The van der Waals surface area contributed by atoms with E-state index in [4.69, 9.17) is 65.9 Å². The number of carbonyl (C=O) groups is 5. The highest BCUT2D eigenvalue weighted by molar-refractivity contribution is 7.90. The van der Waals surface area contributed by atoms with Crippen molar-refractivity contribution in [1.82, 2.24) is 37.8 Å². The number of nitrogens with zero attached hydrogens (tertiary/aromatic N) is 8. The molecular formula is C94H96N12O26S4. The van der Waals surface area contributed by atoms with E-state index in [2.05, 4.69) is 41.9 Å². The van der Waals surface area contributed by atoms with Crippen LogP contribution in [0.1, 0.15) is 98.8 Å². The van der Waals surface area contributed by atoms with E-state index in [9.17, 15) is 52.8 Å². The van der Waals surface area contributed by atoms with Crippen molar-refractivity contribution in [2.45, 2.75) is 104 Å². The molecule has 12 heterocycles. The average Bonchev–Trinajstić information content (AvgIpc) is 1.21. The van der Waals surface area contributed by atoms with Crippen LogP contribution in [0.4, 0.5) is 22.7 Å². The summed E-state index contributed by atoms with van der Waals surface area (Å²) in [4.78, 5) is 60.2. The second kappa shape index (κ2) is 41.9. The summed E-state index contributed by atoms with van der Waals surface area (Å²) in [5.74, 6) is 2.74. The highest BCUT2D eigenvalue weighted by atomic mass is 32.2. The lowest BCUT2D eigenvalue weighted by Gasteiger charge is -2.26. The van der Waals surface area contributed by atoms with E-state index in [-0.39, 0.29) is 66.8 Å². The smallest absolute Gasteiger partial charge is 0.300 e. The third-order valence-corrected chi connectivity index (χ3v) is 30.2. The first kappa shape index (κ1) is 95.8. The molecule has 42 heteroatoms. The number of sulfonamides is 4. The summed E-state index contributed by atoms with van der Waals surface area (Å²) in [5.41, 5.74) is 9.94. The Morgan fingerprint density at radius 2 is 0.478 bits per heavy atom. The Hall–Kier alpha value is -13.4. The second-order valence-corrected chi connectivity index (χ2v) is 40.4. The zero-order valence-electron chi connectivity index (χ0n) is 74.3. The molecule has 4 aromatic heterocycles. The van der Waals surface area contributed by atoms with Crippen LogP contribution in [-0.2, 0) is 89.5 Å². The van der Waals surface area contributed by atoms with Crippen LogP contribution in [0.5, 0.6) is 23.0 Å². The fourth-order valence-electron chi connectivity index (χ4n) is 15.7. The topological polar surface area (TPSA) is 481 Å². The number of fused-ring (bicyclic) bond motifs is 4. The zero-order valence-corrected chi connectivity index (χ0v) is 77.6. The molecule has 38 nitrogen and oxygen atoms in total.